The van der Waals surface area contributed by atoms with Gasteiger partial charge in [0.2, 0.25) is 5.95 Å². The number of carbonyl (C=O) groups excluding carboxylic acids is 1. The van der Waals surface area contributed by atoms with Crippen molar-refractivity contribution in [2.24, 2.45) is 11.8 Å². The molecule has 0 radical (unpaired) electrons. The number of hydrogen-bond donors (Lipinski definition) is 4. The van der Waals surface area contributed by atoms with Crippen LogP contribution in [0, 0.1) is 5.92 Å². The number of aromatic nitrogens is 2. The Morgan fingerprint density at radius 3 is 2.58 bits per heavy atom. The minimum atomic E-state index is -0.495. The summed E-state index contributed by atoms with van der Waals surface area (Å²) in [7, 11) is 1.35. The summed E-state index contributed by atoms with van der Waals surface area (Å²) in [5, 5.41) is 2.98. The Hall–Kier alpha value is -2.09. The molecule has 0 aromatic carbocycles. The van der Waals surface area contributed by atoms with Crippen molar-refractivity contribution >= 4 is 23.6 Å². The van der Waals surface area contributed by atoms with E-state index in [0.717, 1.165) is 0 Å². The van der Waals surface area contributed by atoms with Gasteiger partial charge in [-0.3, -0.25) is 0 Å². The van der Waals surface area contributed by atoms with Gasteiger partial charge in [0.05, 0.1) is 7.11 Å². The molecule has 1 heterocycles. The second-order valence-electron chi connectivity index (χ2n) is 4.49. The van der Waals surface area contributed by atoms with Crippen molar-refractivity contribution in [2.75, 3.05) is 23.6 Å². The van der Waals surface area contributed by atoms with Gasteiger partial charge in [-0.1, -0.05) is 13.8 Å². The van der Waals surface area contributed by atoms with Gasteiger partial charge < -0.3 is 21.2 Å². The molecule has 1 atom stereocenters. The van der Waals surface area contributed by atoms with Crippen LogP contribution >= 0.6 is 0 Å². The van der Waals surface area contributed by atoms with Crippen molar-refractivity contribution in [1.29, 1.82) is 0 Å². The molecule has 0 saturated carbocycles. The van der Waals surface area contributed by atoms with Crippen molar-refractivity contribution in [3.05, 3.63) is 6.07 Å². The van der Waals surface area contributed by atoms with E-state index >= 15 is 0 Å². The first-order valence-corrected chi connectivity index (χ1v) is 5.91. The monoisotopic (exact) mass is 268 g/mol. The Kier molecular flexibility index (Phi) is 5.31. The summed E-state index contributed by atoms with van der Waals surface area (Å²) in [6, 6.07) is 1.07. The molecule has 6 N–H and O–H groups in total. The standard InChI is InChI=1S/C11H20N6O2/c1-6(2)4-7(10(18)19-3)14-8-5-9(17-13)16-11(12)15-8/h5-7H,4,13H2,1-3H3,(H4,12,14,15,16,17). The van der Waals surface area contributed by atoms with E-state index < -0.39 is 6.04 Å². The van der Waals surface area contributed by atoms with Crippen LogP contribution in [0.25, 0.3) is 0 Å². The molecule has 106 valence electrons. The highest BCUT2D eigenvalue weighted by molar-refractivity contribution is 5.79. The molecule has 0 amide bonds. The number of hydrazine groups is 1. The normalized spacial score (nSPS) is 12.1. The fraction of sp³-hybridized carbons (Fsp3) is 0.545. The molecule has 0 aliphatic heterocycles. The summed E-state index contributed by atoms with van der Waals surface area (Å²) in [6.07, 6.45) is 0.613. The zero-order chi connectivity index (χ0) is 14.4. The Morgan fingerprint density at radius 1 is 1.42 bits per heavy atom. The second-order valence-corrected chi connectivity index (χ2v) is 4.49. The third kappa shape index (κ3) is 4.59. The zero-order valence-corrected chi connectivity index (χ0v) is 11.3. The summed E-state index contributed by atoms with van der Waals surface area (Å²) in [5.74, 6) is 6.08. The number of ether oxygens (including phenoxy) is 1. The van der Waals surface area contributed by atoms with Crippen molar-refractivity contribution in [3.8, 4) is 0 Å². The molecule has 19 heavy (non-hydrogen) atoms. The Bertz CT molecular complexity index is 437. The quantitative estimate of drug-likeness (QED) is 0.330. The third-order valence-corrected chi connectivity index (χ3v) is 2.41. The predicted molar refractivity (Wildman–Crippen MR) is 73.1 cm³/mol. The molecule has 8 nitrogen and oxygen atoms in total. The largest absolute Gasteiger partial charge is 0.467 e. The summed E-state index contributed by atoms with van der Waals surface area (Å²) >= 11 is 0. The summed E-state index contributed by atoms with van der Waals surface area (Å²) < 4.78 is 4.76. The van der Waals surface area contributed by atoms with E-state index in [1.165, 1.54) is 7.11 Å². The number of esters is 1. The summed E-state index contributed by atoms with van der Waals surface area (Å²) in [4.78, 5) is 19.5. The maximum Gasteiger partial charge on any atom is 0.328 e. The lowest BCUT2D eigenvalue weighted by molar-refractivity contribution is -0.141. The molecule has 0 aliphatic carbocycles. The Morgan fingerprint density at radius 2 is 2.05 bits per heavy atom. The van der Waals surface area contributed by atoms with Crippen molar-refractivity contribution < 1.29 is 9.53 Å². The highest BCUT2D eigenvalue weighted by Crippen LogP contribution is 2.16. The van der Waals surface area contributed by atoms with E-state index in [1.807, 2.05) is 13.8 Å². The van der Waals surface area contributed by atoms with Crippen LogP contribution in [-0.2, 0) is 9.53 Å². The number of nitrogens with two attached hydrogens (primary N) is 2. The van der Waals surface area contributed by atoms with Crippen molar-refractivity contribution in [3.63, 3.8) is 0 Å². The van der Waals surface area contributed by atoms with Gasteiger partial charge in [0.1, 0.15) is 17.7 Å². The fourth-order valence-electron chi connectivity index (χ4n) is 1.62. The first kappa shape index (κ1) is 15.0. The SMILES string of the molecule is COC(=O)C(CC(C)C)Nc1cc(NN)nc(N)n1. The number of anilines is 3. The molecule has 1 rings (SSSR count). The van der Waals surface area contributed by atoms with Crippen LogP contribution in [0.15, 0.2) is 6.07 Å². The fourth-order valence-corrected chi connectivity index (χ4v) is 1.62. The zero-order valence-electron chi connectivity index (χ0n) is 11.3. The number of nitrogens with zero attached hydrogens (tertiary/aromatic N) is 2. The molecular formula is C11H20N6O2. The second kappa shape index (κ2) is 6.74. The lowest BCUT2D eigenvalue weighted by Crippen LogP contribution is -2.32. The third-order valence-electron chi connectivity index (χ3n) is 2.41. The van der Waals surface area contributed by atoms with Crippen LogP contribution in [-0.4, -0.2) is 29.1 Å². The average molecular weight is 268 g/mol. The van der Waals surface area contributed by atoms with Gasteiger partial charge in [-0.15, -0.1) is 0 Å². The molecule has 0 spiro atoms. The van der Waals surface area contributed by atoms with Gasteiger partial charge in [-0.05, 0) is 12.3 Å². The molecular weight excluding hydrogens is 248 g/mol. The van der Waals surface area contributed by atoms with Gasteiger partial charge in [0.25, 0.3) is 0 Å². The lowest BCUT2D eigenvalue weighted by Gasteiger charge is -2.19. The van der Waals surface area contributed by atoms with Gasteiger partial charge in [0.15, 0.2) is 0 Å². The van der Waals surface area contributed by atoms with E-state index in [0.29, 0.717) is 24.0 Å². The first-order chi connectivity index (χ1) is 8.96. The molecule has 0 aliphatic rings. The Balaban J connectivity index is 2.89. The Labute approximate surface area is 111 Å². The van der Waals surface area contributed by atoms with Gasteiger partial charge in [-0.25, -0.2) is 10.6 Å². The molecule has 1 aromatic rings. The smallest absolute Gasteiger partial charge is 0.328 e. The molecule has 0 fully saturated rings. The van der Waals surface area contributed by atoms with E-state index in [4.69, 9.17) is 16.3 Å². The van der Waals surface area contributed by atoms with Crippen LogP contribution in [0.3, 0.4) is 0 Å². The number of nitrogen functional groups attached to an aromatic ring is 2. The van der Waals surface area contributed by atoms with E-state index in [9.17, 15) is 4.79 Å². The van der Waals surface area contributed by atoms with Crippen molar-refractivity contribution in [1.82, 2.24) is 9.97 Å². The van der Waals surface area contributed by atoms with Gasteiger partial charge in [0, 0.05) is 6.07 Å². The molecule has 1 aromatic heterocycles. The maximum atomic E-state index is 11.7. The number of rotatable bonds is 6. The predicted octanol–water partition coefficient (Wildman–Crippen LogP) is 0.344. The number of hydrogen-bond acceptors (Lipinski definition) is 8. The van der Waals surface area contributed by atoms with E-state index in [-0.39, 0.29) is 11.9 Å². The summed E-state index contributed by atoms with van der Waals surface area (Å²) in [5.41, 5.74) is 7.92. The minimum Gasteiger partial charge on any atom is -0.467 e. The van der Waals surface area contributed by atoms with E-state index in [2.05, 4.69) is 20.7 Å². The average Bonchev–Trinajstić information content (AvgIpc) is 2.35. The number of carbonyl (C=O) groups is 1. The highest BCUT2D eigenvalue weighted by atomic mass is 16.5. The molecule has 0 bridgehead atoms. The van der Waals surface area contributed by atoms with Crippen molar-refractivity contribution in [2.45, 2.75) is 26.3 Å². The minimum absolute atomic E-state index is 0.0612. The van der Waals surface area contributed by atoms with Crippen LogP contribution in [0.2, 0.25) is 0 Å². The number of methoxy groups -OCH3 is 1. The first-order valence-electron chi connectivity index (χ1n) is 5.91. The van der Waals surface area contributed by atoms with Crippen LogP contribution in [0.4, 0.5) is 17.6 Å². The van der Waals surface area contributed by atoms with Gasteiger partial charge >= 0.3 is 5.97 Å². The van der Waals surface area contributed by atoms with Crippen LogP contribution in [0.5, 0.6) is 0 Å². The van der Waals surface area contributed by atoms with Crippen LogP contribution in [0.1, 0.15) is 20.3 Å². The topological polar surface area (TPSA) is 128 Å². The lowest BCUT2D eigenvalue weighted by atomic mass is 10.0. The molecule has 1 unspecified atom stereocenters. The molecule has 8 heteroatoms. The number of nitrogens with one attached hydrogen (secondary N) is 2. The van der Waals surface area contributed by atoms with Gasteiger partial charge in [-0.2, -0.15) is 9.97 Å². The van der Waals surface area contributed by atoms with Crippen LogP contribution < -0.4 is 22.3 Å². The summed E-state index contributed by atoms with van der Waals surface area (Å²) in [6.45, 7) is 4.03. The molecule has 0 saturated heterocycles. The van der Waals surface area contributed by atoms with E-state index in [1.54, 1.807) is 6.07 Å². The highest BCUT2D eigenvalue weighted by Gasteiger charge is 2.21. The maximum absolute atomic E-state index is 11.7.